The number of anilines is 6. The van der Waals surface area contributed by atoms with Crippen molar-refractivity contribution in [3.8, 4) is 89.0 Å². The summed E-state index contributed by atoms with van der Waals surface area (Å²) in [6.45, 7) is 10.9. The van der Waals surface area contributed by atoms with Crippen LogP contribution in [0.5, 0.6) is 0 Å². The first-order valence-corrected chi connectivity index (χ1v) is 34.9. The van der Waals surface area contributed by atoms with Crippen LogP contribution in [-0.4, -0.2) is 6.71 Å². The molecule has 0 spiro atoms. The lowest BCUT2D eigenvalue weighted by Crippen LogP contribution is -2.61. The summed E-state index contributed by atoms with van der Waals surface area (Å²) < 4.78 is 78.6. The van der Waals surface area contributed by atoms with Gasteiger partial charge in [-0.2, -0.15) is 0 Å². The standard InChI is InChI=1S/C94H79BN2/c1-93(2,3)76-59-80(67-31-14-8-15-32-67)92(81(60-76)68-33-16-9-17-34-68)97-87-56-72(70-38-23-37-69(51-70)62-35-22-36-62)47-49-84(87)95-85-55-71(66-45-43-65(44-46-66)61-29-18-19-30-61)48-50-86(85)96(77-53-73(63-25-10-6-11-26-63)52-74(54-77)64-27-12-7-13-28-64)88-57-75(58-89(97)91(88)95)78-40-24-42-83-90(78)79-39-20-21-41-82(79)94(83,4)5/h6-17,20-21,23-28,31-34,37-62H,18-19,22,29-30,35-36H2,1-5H3/i23D,37D,38D,43D,44D,45D,46D,51D. The van der Waals surface area contributed by atoms with Crippen LogP contribution in [0.2, 0.25) is 0 Å². The van der Waals surface area contributed by atoms with Gasteiger partial charge in [0.2, 0.25) is 0 Å². The van der Waals surface area contributed by atoms with Crippen molar-refractivity contribution in [3.63, 3.8) is 0 Å². The predicted octanol–water partition coefficient (Wildman–Crippen LogP) is 24.0. The predicted molar refractivity (Wildman–Crippen MR) is 413 cm³/mol. The molecule has 13 aromatic rings. The van der Waals surface area contributed by atoms with Crippen molar-refractivity contribution < 1.29 is 11.0 Å². The molecule has 97 heavy (non-hydrogen) atoms. The molecule has 0 aromatic heterocycles. The molecule has 468 valence electrons. The summed E-state index contributed by atoms with van der Waals surface area (Å²) in [5.74, 6) is -0.0976. The van der Waals surface area contributed by atoms with Gasteiger partial charge in [-0.15, -0.1) is 0 Å². The molecule has 0 amide bonds. The average Bonchev–Trinajstić information content (AvgIpc) is 0.945. The molecule has 5 aliphatic rings. The van der Waals surface area contributed by atoms with Crippen LogP contribution in [0.25, 0.3) is 89.0 Å². The molecule has 0 radical (unpaired) electrons. The highest BCUT2D eigenvalue weighted by atomic mass is 15.2. The largest absolute Gasteiger partial charge is 0.311 e. The zero-order chi connectivity index (χ0) is 72.1. The molecule has 0 unspecified atom stereocenters. The SMILES string of the molecule is [2H]c1c([2H])c(-c2ccc3c(c2)N(c2c(-c4ccccc4)cc(C(C)(C)C)cc2-c2ccccc2)c2cc(-c4cccc5c4-c4ccccc4C5(C)C)cc4c2B3c2cc(-c3c([2H])c([2H])c(C5CCCC5)c([2H])c3[2H])ccc2N4c2cc(-c3ccccc3)cc(-c3ccccc3)c2)c([2H])c(C2CCC2)c1[2H]. The van der Waals surface area contributed by atoms with Gasteiger partial charge in [0.1, 0.15) is 0 Å². The van der Waals surface area contributed by atoms with Crippen LogP contribution < -0.4 is 26.2 Å². The van der Waals surface area contributed by atoms with Crippen molar-refractivity contribution in [2.75, 3.05) is 9.80 Å². The summed E-state index contributed by atoms with van der Waals surface area (Å²) in [7, 11) is 0. The molecule has 2 fully saturated rings. The Morgan fingerprint density at radius 1 is 0.381 bits per heavy atom. The van der Waals surface area contributed by atoms with E-state index in [-0.39, 0.29) is 76.6 Å². The molecule has 0 bridgehead atoms. The highest BCUT2D eigenvalue weighted by molar-refractivity contribution is 7.00. The Bertz CT molecular complexity index is 5570. The van der Waals surface area contributed by atoms with Gasteiger partial charge in [-0.1, -0.05) is 290 Å². The number of nitrogens with zero attached hydrogens (tertiary/aromatic N) is 2. The minimum absolute atomic E-state index is 0.0198. The first kappa shape index (κ1) is 50.9. The molecule has 0 N–H and O–H groups in total. The van der Waals surface area contributed by atoms with Gasteiger partial charge in [-0.05, 0) is 220 Å². The number of rotatable bonds is 11. The van der Waals surface area contributed by atoms with E-state index in [2.05, 4.69) is 275 Å². The van der Waals surface area contributed by atoms with Gasteiger partial charge >= 0.3 is 0 Å². The normalized spacial score (nSPS) is 16.3. The van der Waals surface area contributed by atoms with Gasteiger partial charge < -0.3 is 9.80 Å². The van der Waals surface area contributed by atoms with Crippen molar-refractivity contribution in [1.82, 2.24) is 0 Å². The third kappa shape index (κ3) is 10.1. The summed E-state index contributed by atoms with van der Waals surface area (Å²) in [6, 6.07) is 87.1. The second-order valence-corrected chi connectivity index (χ2v) is 29.1. The van der Waals surface area contributed by atoms with Crippen LogP contribution >= 0.6 is 0 Å². The lowest BCUT2D eigenvalue weighted by atomic mass is 9.33. The molecular formula is C94H79BN2. The fourth-order valence-electron chi connectivity index (χ4n) is 16.6. The molecule has 13 aromatic carbocycles. The van der Waals surface area contributed by atoms with E-state index in [4.69, 9.17) is 0 Å². The fourth-order valence-corrected chi connectivity index (χ4v) is 16.6. The van der Waals surface area contributed by atoms with Crippen molar-refractivity contribution >= 4 is 57.2 Å². The maximum absolute atomic E-state index is 10.2. The number of benzene rings is 13. The smallest absolute Gasteiger partial charge is 0.252 e. The van der Waals surface area contributed by atoms with E-state index in [1.54, 1.807) is 0 Å². The average molecular weight is 1260 g/mol. The first-order valence-electron chi connectivity index (χ1n) is 38.9. The Kier molecular flexibility index (Phi) is 12.3. The van der Waals surface area contributed by atoms with E-state index in [0.717, 1.165) is 157 Å². The number of hydrogen-bond acceptors (Lipinski definition) is 2. The van der Waals surface area contributed by atoms with E-state index < -0.39 is 6.71 Å². The zero-order valence-electron chi connectivity index (χ0n) is 63.7. The van der Waals surface area contributed by atoms with E-state index in [1.807, 2.05) is 12.1 Å². The van der Waals surface area contributed by atoms with Gasteiger partial charge in [0.25, 0.3) is 6.71 Å². The molecule has 0 saturated heterocycles. The lowest BCUT2D eigenvalue weighted by molar-refractivity contribution is 0.420. The first-order chi connectivity index (χ1) is 50.8. The van der Waals surface area contributed by atoms with Crippen LogP contribution in [0.1, 0.15) is 130 Å². The van der Waals surface area contributed by atoms with Crippen LogP contribution in [0.3, 0.4) is 0 Å². The number of hydrogen-bond donors (Lipinski definition) is 0. The van der Waals surface area contributed by atoms with Gasteiger partial charge in [-0.3, -0.25) is 0 Å². The van der Waals surface area contributed by atoms with Crippen molar-refractivity contribution in [3.05, 3.63) is 319 Å². The van der Waals surface area contributed by atoms with E-state index in [9.17, 15) is 11.0 Å². The monoisotopic (exact) mass is 1250 g/mol. The third-order valence-electron chi connectivity index (χ3n) is 21.9. The Hall–Kier alpha value is -10.5. The zero-order valence-corrected chi connectivity index (χ0v) is 55.7. The van der Waals surface area contributed by atoms with Crippen molar-refractivity contribution in [2.24, 2.45) is 0 Å². The Morgan fingerprint density at radius 3 is 1.56 bits per heavy atom. The van der Waals surface area contributed by atoms with Crippen LogP contribution in [0.4, 0.5) is 34.1 Å². The molecule has 2 nitrogen and oxygen atoms in total. The molecule has 2 aliphatic heterocycles. The Morgan fingerprint density at radius 2 is 0.928 bits per heavy atom. The van der Waals surface area contributed by atoms with E-state index >= 15 is 0 Å². The van der Waals surface area contributed by atoms with Gasteiger partial charge in [0, 0.05) is 45.0 Å². The van der Waals surface area contributed by atoms with Gasteiger partial charge in [0.05, 0.1) is 16.7 Å². The Balaban J connectivity index is 1.03. The molecule has 0 atom stereocenters. The molecule has 2 heterocycles. The molecule has 18 rings (SSSR count). The summed E-state index contributed by atoms with van der Waals surface area (Å²) in [4.78, 5) is 4.94. The Labute approximate surface area is 585 Å². The second kappa shape index (κ2) is 23.4. The maximum Gasteiger partial charge on any atom is 0.252 e. The van der Waals surface area contributed by atoms with E-state index in [1.165, 1.54) is 22.3 Å². The van der Waals surface area contributed by atoms with E-state index in [0.29, 0.717) is 27.8 Å². The highest BCUT2D eigenvalue weighted by Crippen LogP contribution is 2.57. The quantitative estimate of drug-likeness (QED) is 0.119. The highest BCUT2D eigenvalue weighted by Gasteiger charge is 2.46. The van der Waals surface area contributed by atoms with Crippen molar-refractivity contribution in [2.45, 2.75) is 102 Å². The summed E-state index contributed by atoms with van der Waals surface area (Å²) in [5, 5.41) is 0. The van der Waals surface area contributed by atoms with Gasteiger partial charge in [-0.25, -0.2) is 0 Å². The summed E-state index contributed by atoms with van der Waals surface area (Å²) in [5.41, 5.74) is 26.6. The molecule has 2 saturated carbocycles. The second-order valence-electron chi connectivity index (χ2n) is 29.1. The topological polar surface area (TPSA) is 6.48 Å². The fraction of sp³-hybridized carbons (Fsp3) is 0.170. The minimum Gasteiger partial charge on any atom is -0.311 e. The molecule has 3 heteroatoms. The van der Waals surface area contributed by atoms with Crippen molar-refractivity contribution in [1.29, 1.82) is 0 Å². The van der Waals surface area contributed by atoms with Crippen LogP contribution in [0.15, 0.2) is 291 Å². The molecule has 3 aliphatic carbocycles. The summed E-state index contributed by atoms with van der Waals surface area (Å²) in [6.07, 6.45) is 6.26. The van der Waals surface area contributed by atoms with Gasteiger partial charge in [0.15, 0.2) is 0 Å². The van der Waals surface area contributed by atoms with Crippen LogP contribution in [0, 0.1) is 0 Å². The summed E-state index contributed by atoms with van der Waals surface area (Å²) >= 11 is 0. The minimum atomic E-state index is -0.581. The third-order valence-corrected chi connectivity index (χ3v) is 21.9. The lowest BCUT2D eigenvalue weighted by Gasteiger charge is -2.46. The molecular weight excluding hydrogens is 1170 g/mol. The van der Waals surface area contributed by atoms with Crippen LogP contribution in [-0.2, 0) is 10.8 Å². The maximum atomic E-state index is 10.2. The number of fused-ring (bicyclic) bond motifs is 7.